The Morgan fingerprint density at radius 3 is 2.82 bits per heavy atom. The molecule has 0 spiro atoms. The van der Waals surface area contributed by atoms with Gasteiger partial charge in [0.25, 0.3) is 0 Å². The van der Waals surface area contributed by atoms with Crippen molar-refractivity contribution in [3.8, 4) is 22.8 Å². The molecule has 1 saturated carbocycles. The summed E-state index contributed by atoms with van der Waals surface area (Å²) in [6.07, 6.45) is 3.85. The summed E-state index contributed by atoms with van der Waals surface area (Å²) in [5.74, 6) is -0.141. The third kappa shape index (κ3) is 4.78. The number of hydrogen-bond donors (Lipinski definition) is 2. The number of amides is 1. The number of primary amides is 1. The van der Waals surface area contributed by atoms with Crippen LogP contribution in [0.3, 0.4) is 0 Å². The Morgan fingerprint density at radius 1 is 1.23 bits per heavy atom. The molecule has 0 radical (unpaired) electrons. The van der Waals surface area contributed by atoms with Gasteiger partial charge in [-0.05, 0) is 63.4 Å². The molecule has 1 amide bonds. The number of benzene rings is 2. The van der Waals surface area contributed by atoms with E-state index in [1.807, 2.05) is 12.1 Å². The van der Waals surface area contributed by atoms with Gasteiger partial charge in [0.15, 0.2) is 5.78 Å². The first-order valence-corrected chi connectivity index (χ1v) is 15.4. The lowest BCUT2D eigenvalue weighted by Crippen LogP contribution is -2.40. The van der Waals surface area contributed by atoms with E-state index in [1.165, 1.54) is 17.4 Å². The summed E-state index contributed by atoms with van der Waals surface area (Å²) in [5, 5.41) is 15.0. The number of aromatic nitrogens is 2. The number of halogens is 1. The number of ketones is 1. The predicted octanol–water partition coefficient (Wildman–Crippen LogP) is 6.20. The molecule has 0 saturated heterocycles. The zero-order valence-corrected chi connectivity index (χ0v) is 25.0. The predicted molar refractivity (Wildman–Crippen MR) is 166 cm³/mol. The number of fused-ring (bicyclic) bond motifs is 3. The van der Waals surface area contributed by atoms with Crippen LogP contribution in [0.15, 0.2) is 60.1 Å². The van der Waals surface area contributed by atoms with Crippen molar-refractivity contribution in [2.45, 2.75) is 56.7 Å². The molecule has 4 heterocycles. The summed E-state index contributed by atoms with van der Waals surface area (Å²) in [6.45, 7) is 3.29. The van der Waals surface area contributed by atoms with E-state index in [2.05, 4.69) is 4.98 Å². The highest BCUT2D eigenvalue weighted by Gasteiger charge is 2.45. The molecular formula is C34H30FN3O5S. The molecular weight excluding hydrogens is 581 g/mol. The Labute approximate surface area is 256 Å². The topological polar surface area (TPSA) is 125 Å². The van der Waals surface area contributed by atoms with E-state index in [0.717, 1.165) is 18.2 Å². The Kier molecular flexibility index (Phi) is 6.67. The van der Waals surface area contributed by atoms with Crippen LogP contribution in [0.5, 0.6) is 11.5 Å². The van der Waals surface area contributed by atoms with Crippen LogP contribution in [0, 0.1) is 5.82 Å². The minimum Gasteiger partial charge on any atom is -0.489 e. The summed E-state index contributed by atoms with van der Waals surface area (Å²) in [7, 11) is 0. The minimum absolute atomic E-state index is 0.00887. The van der Waals surface area contributed by atoms with E-state index in [0.29, 0.717) is 49.5 Å². The average molecular weight is 612 g/mol. The molecule has 1 aliphatic heterocycles. The highest BCUT2D eigenvalue weighted by molar-refractivity contribution is 7.17. The van der Waals surface area contributed by atoms with Gasteiger partial charge >= 0.3 is 0 Å². The van der Waals surface area contributed by atoms with Crippen LogP contribution in [0.2, 0.25) is 0 Å². The molecule has 3 aromatic heterocycles. The number of nitrogens with zero attached hydrogens (tertiary/aromatic N) is 2. The van der Waals surface area contributed by atoms with E-state index >= 15 is 0 Å². The van der Waals surface area contributed by atoms with Crippen molar-refractivity contribution in [2.24, 2.45) is 5.73 Å². The van der Waals surface area contributed by atoms with Crippen LogP contribution >= 0.6 is 11.3 Å². The Hall–Kier alpha value is -4.41. The lowest BCUT2D eigenvalue weighted by molar-refractivity contribution is -0.123. The number of carbonyl (C=O) groups is 2. The largest absolute Gasteiger partial charge is 0.489 e. The summed E-state index contributed by atoms with van der Waals surface area (Å²) in [6, 6.07) is 13.7. The van der Waals surface area contributed by atoms with Crippen LogP contribution in [0.1, 0.15) is 61.1 Å². The van der Waals surface area contributed by atoms with Gasteiger partial charge in [0.1, 0.15) is 46.1 Å². The van der Waals surface area contributed by atoms with Crippen LogP contribution in [0.4, 0.5) is 4.39 Å². The summed E-state index contributed by atoms with van der Waals surface area (Å²) >= 11 is 1.24. The van der Waals surface area contributed by atoms with Gasteiger partial charge in [-0.1, -0.05) is 18.2 Å². The Balaban J connectivity index is 1.25. The van der Waals surface area contributed by atoms with Crippen LogP contribution in [0.25, 0.3) is 32.2 Å². The van der Waals surface area contributed by atoms with Crippen LogP contribution in [-0.4, -0.2) is 39.5 Å². The molecule has 1 aliphatic carbocycles. The molecule has 8 nitrogen and oxygen atoms in total. The molecule has 2 aliphatic rings. The van der Waals surface area contributed by atoms with Gasteiger partial charge in [-0.15, -0.1) is 11.3 Å². The van der Waals surface area contributed by atoms with Crippen molar-refractivity contribution in [2.75, 3.05) is 6.61 Å². The lowest BCUT2D eigenvalue weighted by atomic mass is 9.81. The smallest absolute Gasteiger partial charge is 0.231 e. The summed E-state index contributed by atoms with van der Waals surface area (Å²) < 4.78 is 27.1. The highest BCUT2D eigenvalue weighted by atomic mass is 32.1. The lowest BCUT2D eigenvalue weighted by Gasteiger charge is -2.26. The van der Waals surface area contributed by atoms with Gasteiger partial charge in [-0.25, -0.2) is 9.37 Å². The maximum atomic E-state index is 14.6. The van der Waals surface area contributed by atoms with Gasteiger partial charge in [0.05, 0.1) is 16.5 Å². The molecule has 2 atom stereocenters. The molecule has 5 aromatic rings. The van der Waals surface area contributed by atoms with Crippen molar-refractivity contribution in [1.82, 2.24) is 9.97 Å². The minimum atomic E-state index is -1.57. The highest BCUT2D eigenvalue weighted by Crippen LogP contribution is 2.48. The molecule has 3 N–H and O–H groups in total. The molecule has 7 rings (SSSR count). The molecule has 10 heteroatoms. The maximum absolute atomic E-state index is 14.6. The summed E-state index contributed by atoms with van der Waals surface area (Å²) in [4.78, 5) is 35.4. The molecule has 1 fully saturated rings. The number of thiophene rings is 1. The number of Topliss-reactive ketones (excluding diaryl/α,β-unsaturated/α-hetero) is 1. The first-order chi connectivity index (χ1) is 21.0. The van der Waals surface area contributed by atoms with Gasteiger partial charge in [-0.2, -0.15) is 0 Å². The monoisotopic (exact) mass is 611 g/mol. The maximum Gasteiger partial charge on any atom is 0.231 e. The third-order valence-electron chi connectivity index (χ3n) is 8.62. The van der Waals surface area contributed by atoms with Crippen molar-refractivity contribution in [3.05, 3.63) is 82.7 Å². The fourth-order valence-corrected chi connectivity index (χ4v) is 6.62. The zero-order valence-electron chi connectivity index (χ0n) is 24.2. The van der Waals surface area contributed by atoms with Crippen LogP contribution < -0.4 is 15.2 Å². The third-order valence-corrected chi connectivity index (χ3v) is 9.63. The molecule has 224 valence electrons. The standard InChI is InChI=1S/C34H30FN3O5S/c1-33(32(36)40)17-42-30-23(33)15-27(38-29(30)22-16-44-31-21(22)6-3-7-24(31)35)34(2,41)11-10-25(39)19-13-18-5-4-12-37-28(18)26(14-19)43-20-8-9-20/h3-7,12-16,20,41H,8-11,17H2,1-2H3,(H2,36,40)/t33-,34-/m0/s1. The summed E-state index contributed by atoms with van der Waals surface area (Å²) in [5.41, 5.74) is 6.03. The molecule has 2 aromatic carbocycles. The number of nitrogens with two attached hydrogens (primary N) is 1. The van der Waals surface area contributed by atoms with E-state index < -0.39 is 16.9 Å². The van der Waals surface area contributed by atoms with Crippen molar-refractivity contribution in [1.29, 1.82) is 0 Å². The van der Waals surface area contributed by atoms with Crippen molar-refractivity contribution < 1.29 is 28.6 Å². The normalized spacial score (nSPS) is 19.0. The average Bonchev–Trinajstić information content (AvgIpc) is 3.60. The molecule has 44 heavy (non-hydrogen) atoms. The number of pyridine rings is 2. The number of hydrogen-bond acceptors (Lipinski definition) is 8. The van der Waals surface area contributed by atoms with Gasteiger partial charge < -0.3 is 20.3 Å². The second kappa shape index (κ2) is 10.3. The first-order valence-electron chi connectivity index (χ1n) is 14.5. The number of rotatable bonds is 9. The van der Waals surface area contributed by atoms with E-state index in [4.69, 9.17) is 20.2 Å². The van der Waals surface area contributed by atoms with Gasteiger partial charge in [0, 0.05) is 45.5 Å². The fraction of sp³-hybridized carbons (Fsp3) is 0.294. The number of ether oxygens (including phenoxy) is 2. The van der Waals surface area contributed by atoms with Gasteiger partial charge in [-0.3, -0.25) is 14.6 Å². The van der Waals surface area contributed by atoms with Crippen molar-refractivity contribution >= 4 is 44.0 Å². The second-order valence-corrected chi connectivity index (χ2v) is 12.9. The van der Waals surface area contributed by atoms with Gasteiger partial charge in [0.2, 0.25) is 5.91 Å². The SMILES string of the molecule is C[C@](O)(CCC(=O)c1cc(OC2CC2)c2ncccc2c1)c1cc2c(c(-c3csc4c(F)cccc34)n1)OC[C@]2(C)C(N)=O. The first kappa shape index (κ1) is 28.4. The Morgan fingerprint density at radius 2 is 2.05 bits per heavy atom. The van der Waals surface area contributed by atoms with Crippen molar-refractivity contribution in [3.63, 3.8) is 0 Å². The Bertz CT molecular complexity index is 1990. The molecule has 0 bridgehead atoms. The number of aliphatic hydroxyl groups is 1. The molecule has 0 unspecified atom stereocenters. The van der Waals surface area contributed by atoms with Crippen LogP contribution in [-0.2, 0) is 15.8 Å². The van der Waals surface area contributed by atoms with E-state index in [9.17, 15) is 19.1 Å². The van der Waals surface area contributed by atoms with E-state index in [-0.39, 0.29) is 42.8 Å². The quantitative estimate of drug-likeness (QED) is 0.190. The zero-order chi connectivity index (χ0) is 30.8. The van der Waals surface area contributed by atoms with E-state index in [1.54, 1.807) is 55.8 Å². The fourth-order valence-electron chi connectivity index (χ4n) is 5.66. The number of carbonyl (C=O) groups excluding carboxylic acids is 2. The second-order valence-electron chi connectivity index (χ2n) is 12.0.